The van der Waals surface area contributed by atoms with E-state index in [4.69, 9.17) is 18.9 Å². The molecule has 4 atom stereocenters. The van der Waals surface area contributed by atoms with Crippen molar-refractivity contribution >= 4 is 5.69 Å². The van der Waals surface area contributed by atoms with E-state index in [1.165, 1.54) is 31.4 Å². The van der Waals surface area contributed by atoms with E-state index >= 15 is 0 Å². The highest BCUT2D eigenvalue weighted by molar-refractivity contribution is 5.32. The Bertz CT molecular complexity index is 1650. The Morgan fingerprint density at radius 1 is 0.648 bits per heavy atom. The molecular weight excluding hydrogens is 681 g/mol. The molecule has 4 rings (SSSR count). The number of azide groups is 1. The van der Waals surface area contributed by atoms with Crippen molar-refractivity contribution < 1.29 is 23.9 Å². The maximum absolute atomic E-state index is 11.3. The Hall–Kier alpha value is -4.83. The van der Waals surface area contributed by atoms with Crippen molar-refractivity contribution in [3.05, 3.63) is 171 Å². The number of unbranched alkanes of at least 4 members (excludes halogenated alkanes) is 7. The number of allylic oxidation sites excluding steroid dienone is 1. The average Bonchev–Trinajstić information content (AvgIpc) is 3.21. The van der Waals surface area contributed by atoms with Crippen LogP contribution in [0.3, 0.4) is 0 Å². The average molecular weight is 735 g/mol. The van der Waals surface area contributed by atoms with E-state index < -0.39 is 29.3 Å². The van der Waals surface area contributed by atoms with Crippen LogP contribution in [0.25, 0.3) is 10.4 Å². The highest BCUT2D eigenvalue weighted by Crippen LogP contribution is 2.26. The van der Waals surface area contributed by atoms with Gasteiger partial charge in [0.2, 0.25) is 0 Å². The third-order valence-electron chi connectivity index (χ3n) is 9.25. The number of nitro groups is 1. The summed E-state index contributed by atoms with van der Waals surface area (Å²) in [7, 11) is 0. The maximum Gasteiger partial charge on any atom is 0.269 e. The van der Waals surface area contributed by atoms with Crippen LogP contribution in [0, 0.1) is 10.1 Å². The summed E-state index contributed by atoms with van der Waals surface area (Å²) in [5.74, 6) is 0. The van der Waals surface area contributed by atoms with Crippen LogP contribution in [0.5, 0.6) is 0 Å². The summed E-state index contributed by atoms with van der Waals surface area (Å²) < 4.78 is 26.5. The van der Waals surface area contributed by atoms with Gasteiger partial charge in [-0.15, -0.1) is 6.58 Å². The normalized spacial score (nSPS) is 13.3. The van der Waals surface area contributed by atoms with Gasteiger partial charge in [0, 0.05) is 17.0 Å². The molecule has 286 valence electrons. The molecule has 10 nitrogen and oxygen atoms in total. The zero-order valence-electron chi connectivity index (χ0n) is 31.2. The van der Waals surface area contributed by atoms with E-state index in [0.717, 1.165) is 54.4 Å². The monoisotopic (exact) mass is 734 g/mol. The molecule has 0 aromatic heterocycles. The van der Waals surface area contributed by atoms with Gasteiger partial charge >= 0.3 is 0 Å². The topological polar surface area (TPSA) is 129 Å². The van der Waals surface area contributed by atoms with Crippen LogP contribution in [0.2, 0.25) is 0 Å². The summed E-state index contributed by atoms with van der Waals surface area (Å²) >= 11 is 0. The van der Waals surface area contributed by atoms with Gasteiger partial charge < -0.3 is 18.9 Å². The van der Waals surface area contributed by atoms with Crippen LogP contribution in [0.4, 0.5) is 5.69 Å². The Morgan fingerprint density at radius 2 is 1.13 bits per heavy atom. The van der Waals surface area contributed by atoms with Crippen molar-refractivity contribution in [2.75, 3.05) is 6.61 Å². The number of hydrogen-bond acceptors (Lipinski definition) is 7. The lowest BCUT2D eigenvalue weighted by Gasteiger charge is -2.36. The van der Waals surface area contributed by atoms with Crippen LogP contribution >= 0.6 is 0 Å². The molecule has 4 aromatic carbocycles. The molecule has 0 radical (unpaired) electrons. The fraction of sp³-hybridized carbons (Fsp3) is 0.409. The number of rotatable bonds is 28. The molecule has 0 fully saturated rings. The lowest BCUT2D eigenvalue weighted by Crippen LogP contribution is -2.49. The van der Waals surface area contributed by atoms with Crippen LogP contribution in [0.1, 0.15) is 80.0 Å². The number of benzene rings is 4. The fourth-order valence-electron chi connectivity index (χ4n) is 6.27. The first-order valence-electron chi connectivity index (χ1n) is 19.0. The Balaban J connectivity index is 1.62. The van der Waals surface area contributed by atoms with E-state index in [-0.39, 0.29) is 32.1 Å². The number of non-ortho nitro benzene ring substituents is 1. The van der Waals surface area contributed by atoms with Gasteiger partial charge in [0.1, 0.15) is 12.2 Å². The predicted molar refractivity (Wildman–Crippen MR) is 212 cm³/mol. The smallest absolute Gasteiger partial charge is 0.269 e. The van der Waals surface area contributed by atoms with E-state index in [1.54, 1.807) is 12.1 Å². The number of nitro benzene ring substituents is 1. The number of ether oxygens (including phenoxy) is 4. The van der Waals surface area contributed by atoms with Gasteiger partial charge in [-0.1, -0.05) is 141 Å². The van der Waals surface area contributed by atoms with Gasteiger partial charge in [-0.2, -0.15) is 0 Å². The zero-order chi connectivity index (χ0) is 38.1. The van der Waals surface area contributed by atoms with Crippen LogP contribution in [-0.2, 0) is 45.4 Å². The molecule has 0 unspecified atom stereocenters. The largest absolute Gasteiger partial charge is 0.374 e. The van der Waals surface area contributed by atoms with Gasteiger partial charge in [0.05, 0.1) is 50.1 Å². The van der Waals surface area contributed by atoms with E-state index in [9.17, 15) is 15.6 Å². The summed E-state index contributed by atoms with van der Waals surface area (Å²) in [6, 6.07) is 35.4. The first-order valence-corrected chi connectivity index (χ1v) is 19.0. The summed E-state index contributed by atoms with van der Waals surface area (Å²) in [5.41, 5.74) is 13.6. The maximum atomic E-state index is 11.3. The standard InChI is InChI=1S/C44H54N4O6/c1-2-3-4-5-6-7-8-9-19-26-41(46-47-45)43(53-33-37-22-15-11-16-23-37)44(54-34-38-24-17-12-18-25-38)42(35-51-31-36-20-13-10-14-21-36)52-32-39-27-29-40(30-28-39)48(49)50/h2,10-18,20-25,27-30,41-44H,1,3-9,19,26,31-35H2/t41-,42+,43-,44+/m1/s1. The van der Waals surface area contributed by atoms with Crippen LogP contribution in [-0.4, -0.2) is 35.9 Å². The fourth-order valence-corrected chi connectivity index (χ4v) is 6.27. The quantitative estimate of drug-likeness (QED) is 0.0109. The Morgan fingerprint density at radius 3 is 1.67 bits per heavy atom. The van der Waals surface area contributed by atoms with Gasteiger partial charge in [0.15, 0.2) is 0 Å². The lowest BCUT2D eigenvalue weighted by molar-refractivity contribution is -0.384. The van der Waals surface area contributed by atoms with E-state index in [0.29, 0.717) is 13.0 Å². The third-order valence-corrected chi connectivity index (χ3v) is 9.25. The third kappa shape index (κ3) is 15.6. The molecule has 0 spiro atoms. The second-order valence-corrected chi connectivity index (χ2v) is 13.4. The number of hydrogen-bond donors (Lipinski definition) is 0. The second kappa shape index (κ2) is 25.2. The van der Waals surface area contributed by atoms with Crippen LogP contribution < -0.4 is 0 Å². The summed E-state index contributed by atoms with van der Waals surface area (Å²) in [6.45, 7) is 5.01. The molecule has 0 aliphatic rings. The van der Waals surface area contributed by atoms with E-state index in [1.807, 2.05) is 97.1 Å². The molecule has 54 heavy (non-hydrogen) atoms. The molecule has 0 N–H and O–H groups in total. The van der Waals surface area contributed by atoms with Crippen molar-refractivity contribution in [1.82, 2.24) is 0 Å². The van der Waals surface area contributed by atoms with Gasteiger partial charge in [-0.05, 0) is 59.2 Å². The van der Waals surface area contributed by atoms with Crippen molar-refractivity contribution in [1.29, 1.82) is 0 Å². The molecule has 0 saturated carbocycles. The van der Waals surface area contributed by atoms with Crippen molar-refractivity contribution in [2.45, 2.75) is 109 Å². The summed E-state index contributed by atoms with van der Waals surface area (Å²) in [4.78, 5) is 14.2. The summed E-state index contributed by atoms with van der Waals surface area (Å²) in [6.07, 6.45) is 9.30. The molecule has 0 amide bonds. The highest BCUT2D eigenvalue weighted by atomic mass is 16.6. The number of nitrogens with zero attached hydrogens (tertiary/aromatic N) is 4. The lowest BCUT2D eigenvalue weighted by atomic mass is 9.95. The molecule has 4 aromatic rings. The second-order valence-electron chi connectivity index (χ2n) is 13.4. The molecule has 0 bridgehead atoms. The first kappa shape index (κ1) is 41.9. The summed E-state index contributed by atoms with van der Waals surface area (Å²) in [5, 5.41) is 15.7. The molecule has 0 aliphatic carbocycles. The molecule has 0 saturated heterocycles. The van der Waals surface area contributed by atoms with Gasteiger partial charge in [0.25, 0.3) is 5.69 Å². The minimum Gasteiger partial charge on any atom is -0.374 e. The van der Waals surface area contributed by atoms with Crippen molar-refractivity contribution in [2.24, 2.45) is 5.11 Å². The van der Waals surface area contributed by atoms with Gasteiger partial charge in [-0.3, -0.25) is 10.1 Å². The van der Waals surface area contributed by atoms with Crippen LogP contribution in [0.15, 0.2) is 133 Å². The zero-order valence-corrected chi connectivity index (χ0v) is 31.2. The first-order chi connectivity index (χ1) is 26.6. The minimum absolute atomic E-state index is 0.00448. The predicted octanol–water partition coefficient (Wildman–Crippen LogP) is 11.2. The van der Waals surface area contributed by atoms with Gasteiger partial charge in [-0.25, -0.2) is 0 Å². The SMILES string of the molecule is C=CCCCCCCCCC[C@@H](N=[N+]=[N-])[C@@H](OCc1ccccc1)[C@@H](OCc1ccccc1)[C@H](COCc1ccccc1)OCc1ccc([N+](=O)[O-])cc1. The van der Waals surface area contributed by atoms with E-state index in [2.05, 4.69) is 16.6 Å². The molecule has 0 aliphatic heterocycles. The molecule has 10 heteroatoms. The Labute approximate surface area is 319 Å². The van der Waals surface area contributed by atoms with Crippen molar-refractivity contribution in [3.8, 4) is 0 Å². The molecular formula is C44H54N4O6. The Kier molecular flexibility index (Phi) is 19.6. The molecule has 0 heterocycles. The minimum atomic E-state index is -0.719. The highest BCUT2D eigenvalue weighted by Gasteiger charge is 2.37. The van der Waals surface area contributed by atoms with Crippen molar-refractivity contribution in [3.63, 3.8) is 0 Å².